The van der Waals surface area contributed by atoms with Crippen LogP contribution in [0.3, 0.4) is 0 Å². The number of nitrogen functional groups attached to an aromatic ring is 2. The summed E-state index contributed by atoms with van der Waals surface area (Å²) in [7, 11) is 1.72. The summed E-state index contributed by atoms with van der Waals surface area (Å²) in [5, 5.41) is 1.91. The zero-order valence-corrected chi connectivity index (χ0v) is 10.8. The smallest absolute Gasteiger partial charge is 0.254 e. The van der Waals surface area contributed by atoms with Crippen LogP contribution in [0.15, 0.2) is 29.1 Å². The maximum Gasteiger partial charge on any atom is 0.254 e. The topological polar surface area (TPSA) is 85.2 Å². The highest BCUT2D eigenvalue weighted by Crippen LogP contribution is 2.16. The summed E-state index contributed by atoms with van der Waals surface area (Å²) in [4.78, 5) is 17.9. The van der Waals surface area contributed by atoms with Crippen LogP contribution in [0.5, 0.6) is 0 Å². The first-order valence-electron chi connectivity index (χ1n) is 5.35. The number of carbonyl (C=O) groups excluding carboxylic acids is 1. The number of anilines is 2. The van der Waals surface area contributed by atoms with E-state index >= 15 is 0 Å². The van der Waals surface area contributed by atoms with E-state index in [4.69, 9.17) is 11.5 Å². The number of hydrogen-bond donors (Lipinski definition) is 2. The lowest BCUT2D eigenvalue weighted by Crippen LogP contribution is -2.26. The van der Waals surface area contributed by atoms with E-state index in [-0.39, 0.29) is 5.91 Å². The minimum atomic E-state index is -0.123. The third-order valence-electron chi connectivity index (χ3n) is 2.45. The van der Waals surface area contributed by atoms with Crippen LogP contribution in [0.4, 0.5) is 11.4 Å². The Morgan fingerprint density at radius 3 is 2.56 bits per heavy atom. The van der Waals surface area contributed by atoms with Crippen molar-refractivity contribution in [2.75, 3.05) is 18.5 Å². The van der Waals surface area contributed by atoms with Crippen LogP contribution >= 0.6 is 11.3 Å². The summed E-state index contributed by atoms with van der Waals surface area (Å²) >= 11 is 1.50. The number of carbonyl (C=O) groups is 1. The van der Waals surface area contributed by atoms with Gasteiger partial charge in [-0.05, 0) is 18.2 Å². The van der Waals surface area contributed by atoms with E-state index in [0.717, 1.165) is 5.69 Å². The van der Waals surface area contributed by atoms with Gasteiger partial charge in [-0.1, -0.05) is 0 Å². The highest BCUT2D eigenvalue weighted by molar-refractivity contribution is 7.07. The molecule has 0 unspecified atom stereocenters. The molecular weight excluding hydrogens is 248 g/mol. The molecule has 1 aromatic heterocycles. The van der Waals surface area contributed by atoms with Gasteiger partial charge in [0.2, 0.25) is 0 Å². The molecule has 0 atom stereocenters. The minimum absolute atomic E-state index is 0.123. The van der Waals surface area contributed by atoms with E-state index in [0.29, 0.717) is 23.5 Å². The molecule has 94 valence electrons. The van der Waals surface area contributed by atoms with E-state index in [2.05, 4.69) is 4.98 Å². The number of aromatic nitrogens is 1. The van der Waals surface area contributed by atoms with Crippen LogP contribution in [0.1, 0.15) is 16.1 Å². The zero-order chi connectivity index (χ0) is 13.1. The Morgan fingerprint density at radius 1 is 1.33 bits per heavy atom. The second kappa shape index (κ2) is 5.05. The van der Waals surface area contributed by atoms with E-state index in [1.165, 1.54) is 11.3 Å². The average Bonchev–Trinajstić information content (AvgIpc) is 2.79. The Balaban J connectivity index is 2.15. The molecule has 0 saturated carbocycles. The summed E-state index contributed by atoms with van der Waals surface area (Å²) in [6, 6.07) is 4.86. The third-order valence-corrected chi connectivity index (χ3v) is 3.09. The number of amides is 1. The number of hydrogen-bond acceptors (Lipinski definition) is 5. The van der Waals surface area contributed by atoms with Crippen molar-refractivity contribution in [1.29, 1.82) is 0 Å². The molecule has 1 aromatic carbocycles. The second-order valence-corrected chi connectivity index (χ2v) is 4.75. The molecule has 18 heavy (non-hydrogen) atoms. The third kappa shape index (κ3) is 2.78. The van der Waals surface area contributed by atoms with E-state index in [1.807, 2.05) is 5.38 Å². The molecule has 0 radical (unpaired) electrons. The van der Waals surface area contributed by atoms with Crippen molar-refractivity contribution in [2.45, 2.75) is 6.54 Å². The number of rotatable bonds is 3. The first kappa shape index (κ1) is 12.4. The molecule has 0 aliphatic heterocycles. The molecule has 2 rings (SSSR count). The predicted molar refractivity (Wildman–Crippen MR) is 73.2 cm³/mol. The summed E-state index contributed by atoms with van der Waals surface area (Å²) in [5.74, 6) is -0.123. The van der Waals surface area contributed by atoms with Crippen LogP contribution in [0.2, 0.25) is 0 Å². The summed E-state index contributed by atoms with van der Waals surface area (Å²) < 4.78 is 0. The lowest BCUT2D eigenvalue weighted by Gasteiger charge is -2.16. The fourth-order valence-corrected chi connectivity index (χ4v) is 2.20. The SMILES string of the molecule is CN(Cc1cscn1)C(=O)c1cc(N)cc(N)c1. The maximum absolute atomic E-state index is 12.2. The van der Waals surface area contributed by atoms with Gasteiger partial charge in [0.25, 0.3) is 5.91 Å². The van der Waals surface area contributed by atoms with Crippen LogP contribution in [0.25, 0.3) is 0 Å². The molecule has 0 aliphatic carbocycles. The molecule has 0 spiro atoms. The molecule has 1 amide bonds. The van der Waals surface area contributed by atoms with Gasteiger partial charge in [-0.25, -0.2) is 4.98 Å². The van der Waals surface area contributed by atoms with Crippen molar-refractivity contribution in [1.82, 2.24) is 9.88 Å². The summed E-state index contributed by atoms with van der Waals surface area (Å²) in [6.07, 6.45) is 0. The zero-order valence-electron chi connectivity index (χ0n) is 9.96. The second-order valence-electron chi connectivity index (χ2n) is 4.03. The van der Waals surface area contributed by atoms with Crippen LogP contribution in [-0.4, -0.2) is 22.8 Å². The Morgan fingerprint density at radius 2 is 2.00 bits per heavy atom. The van der Waals surface area contributed by atoms with Crippen molar-refractivity contribution in [3.8, 4) is 0 Å². The normalized spacial score (nSPS) is 10.3. The monoisotopic (exact) mass is 262 g/mol. The molecule has 2 aromatic rings. The standard InChI is InChI=1S/C12H14N4OS/c1-16(5-11-6-18-7-15-11)12(17)8-2-9(13)4-10(14)3-8/h2-4,6-7H,5,13-14H2,1H3. The van der Waals surface area contributed by atoms with Gasteiger partial charge in [-0.2, -0.15) is 0 Å². The number of nitrogens with zero attached hydrogens (tertiary/aromatic N) is 2. The Hall–Kier alpha value is -2.08. The van der Waals surface area contributed by atoms with E-state index in [9.17, 15) is 4.79 Å². The molecular formula is C12H14N4OS. The molecule has 0 saturated heterocycles. The quantitative estimate of drug-likeness (QED) is 0.822. The summed E-state index contributed by atoms with van der Waals surface area (Å²) in [6.45, 7) is 0.469. The first-order chi connectivity index (χ1) is 8.56. The number of benzene rings is 1. The van der Waals surface area contributed by atoms with Crippen molar-refractivity contribution >= 4 is 28.6 Å². The molecule has 0 fully saturated rings. The fraction of sp³-hybridized carbons (Fsp3) is 0.167. The Kier molecular flexibility index (Phi) is 3.47. The van der Waals surface area contributed by atoms with Gasteiger partial charge in [0.1, 0.15) is 0 Å². The van der Waals surface area contributed by atoms with Crippen LogP contribution in [0, 0.1) is 0 Å². The van der Waals surface area contributed by atoms with Crippen molar-refractivity contribution in [2.24, 2.45) is 0 Å². The fourth-order valence-electron chi connectivity index (χ4n) is 1.65. The highest BCUT2D eigenvalue weighted by Gasteiger charge is 2.13. The van der Waals surface area contributed by atoms with E-state index in [1.54, 1.807) is 35.7 Å². The molecule has 0 aliphatic rings. The predicted octanol–water partition coefficient (Wildman–Crippen LogP) is 1.58. The lowest BCUT2D eigenvalue weighted by molar-refractivity contribution is 0.0783. The van der Waals surface area contributed by atoms with E-state index < -0.39 is 0 Å². The number of thiazole rings is 1. The minimum Gasteiger partial charge on any atom is -0.399 e. The Bertz CT molecular complexity index is 533. The van der Waals surface area contributed by atoms with Crippen molar-refractivity contribution in [3.63, 3.8) is 0 Å². The molecule has 0 bridgehead atoms. The van der Waals surface area contributed by atoms with Gasteiger partial charge >= 0.3 is 0 Å². The molecule has 5 nitrogen and oxygen atoms in total. The van der Waals surface area contributed by atoms with Crippen LogP contribution in [-0.2, 0) is 6.54 Å². The molecule has 1 heterocycles. The van der Waals surface area contributed by atoms with Gasteiger partial charge < -0.3 is 16.4 Å². The summed E-state index contributed by atoms with van der Waals surface area (Å²) in [5.41, 5.74) is 15.4. The largest absolute Gasteiger partial charge is 0.399 e. The van der Waals surface area contributed by atoms with Gasteiger partial charge in [0.05, 0.1) is 17.7 Å². The van der Waals surface area contributed by atoms with Crippen LogP contribution < -0.4 is 11.5 Å². The van der Waals surface area contributed by atoms with Gasteiger partial charge in [-0.15, -0.1) is 11.3 Å². The maximum atomic E-state index is 12.2. The van der Waals surface area contributed by atoms with Gasteiger partial charge in [0.15, 0.2) is 0 Å². The van der Waals surface area contributed by atoms with Gasteiger partial charge in [-0.3, -0.25) is 4.79 Å². The lowest BCUT2D eigenvalue weighted by atomic mass is 10.1. The van der Waals surface area contributed by atoms with Crippen molar-refractivity contribution in [3.05, 3.63) is 40.3 Å². The average molecular weight is 262 g/mol. The number of nitrogens with two attached hydrogens (primary N) is 2. The highest BCUT2D eigenvalue weighted by atomic mass is 32.1. The first-order valence-corrected chi connectivity index (χ1v) is 6.29. The Labute approximate surface area is 109 Å². The molecule has 4 N–H and O–H groups in total. The van der Waals surface area contributed by atoms with Crippen molar-refractivity contribution < 1.29 is 4.79 Å². The van der Waals surface area contributed by atoms with Gasteiger partial charge in [0, 0.05) is 29.4 Å². The molecule has 6 heteroatoms.